The van der Waals surface area contributed by atoms with Crippen molar-refractivity contribution in [2.75, 3.05) is 26.4 Å². The number of benzene rings is 1. The minimum absolute atomic E-state index is 0.0334. The Balaban J connectivity index is 2.37. The van der Waals surface area contributed by atoms with Gasteiger partial charge in [0.1, 0.15) is 6.61 Å². The molecule has 1 aromatic carbocycles. The van der Waals surface area contributed by atoms with Crippen LogP contribution in [0.5, 0.6) is 0 Å². The maximum absolute atomic E-state index is 13.1. The molecule has 1 aromatic rings. The van der Waals surface area contributed by atoms with Gasteiger partial charge < -0.3 is 24.4 Å². The van der Waals surface area contributed by atoms with E-state index in [0.29, 0.717) is 17.0 Å². The van der Waals surface area contributed by atoms with Crippen molar-refractivity contribution in [1.82, 2.24) is 5.32 Å². The molecule has 0 amide bonds. The number of allylic oxidation sites excluding steroid dienone is 2. The molecule has 0 saturated heterocycles. The molecule has 13 nitrogen and oxygen atoms in total. The highest BCUT2D eigenvalue weighted by Gasteiger charge is 2.38. The molecule has 0 bridgehead atoms. The van der Waals surface area contributed by atoms with Gasteiger partial charge in [0.05, 0.1) is 47.9 Å². The molecule has 0 fully saturated rings. The van der Waals surface area contributed by atoms with E-state index in [1.807, 2.05) is 13.8 Å². The Bertz CT molecular complexity index is 1060. The first-order valence-electron chi connectivity index (χ1n) is 11.2. The van der Waals surface area contributed by atoms with Gasteiger partial charge in [-0.05, 0) is 33.3 Å². The zero-order chi connectivity index (χ0) is 26.8. The summed E-state index contributed by atoms with van der Waals surface area (Å²) in [6.07, 6.45) is 0.00874. The molecule has 1 aliphatic heterocycles. The summed E-state index contributed by atoms with van der Waals surface area (Å²) < 4.78 is 16.1. The Morgan fingerprint density at radius 2 is 1.58 bits per heavy atom. The molecular weight excluding hydrogens is 478 g/mol. The lowest BCUT2D eigenvalue weighted by Crippen LogP contribution is -2.33. The van der Waals surface area contributed by atoms with Crippen LogP contribution in [0.15, 0.2) is 46.8 Å². The highest BCUT2D eigenvalue weighted by molar-refractivity contribution is 6.00. The first-order chi connectivity index (χ1) is 17.0. The van der Waals surface area contributed by atoms with Crippen LogP contribution < -0.4 is 5.32 Å². The van der Waals surface area contributed by atoms with Crippen LogP contribution in [0, 0.1) is 20.2 Å². The number of dihydropyridines is 1. The van der Waals surface area contributed by atoms with Gasteiger partial charge in [0.25, 0.3) is 10.8 Å². The molecule has 0 radical (unpaired) electrons. The van der Waals surface area contributed by atoms with Crippen LogP contribution in [0.3, 0.4) is 0 Å². The van der Waals surface area contributed by atoms with E-state index in [2.05, 4.69) is 10.2 Å². The molecule has 0 aromatic heterocycles. The van der Waals surface area contributed by atoms with Crippen LogP contribution in [0.25, 0.3) is 0 Å². The van der Waals surface area contributed by atoms with E-state index < -0.39 is 27.9 Å². The van der Waals surface area contributed by atoms with Crippen LogP contribution in [0.1, 0.15) is 45.6 Å². The fraction of sp³-hybridized carbons (Fsp3) is 0.478. The largest absolute Gasteiger partial charge is 0.462 e. The second kappa shape index (κ2) is 13.2. The second-order valence-electron chi connectivity index (χ2n) is 8.09. The maximum atomic E-state index is 13.1. The predicted octanol–water partition coefficient (Wildman–Crippen LogP) is 2.94. The summed E-state index contributed by atoms with van der Waals surface area (Å²) in [5.41, 5.74) is 1.04. The average molecular weight is 507 g/mol. The van der Waals surface area contributed by atoms with Crippen LogP contribution in [0.4, 0.5) is 5.69 Å². The minimum atomic E-state index is -1.02. The van der Waals surface area contributed by atoms with Gasteiger partial charge in [-0.3, -0.25) is 10.1 Å². The molecule has 1 heterocycles. The van der Waals surface area contributed by atoms with Gasteiger partial charge in [-0.15, -0.1) is 10.1 Å². The summed E-state index contributed by atoms with van der Waals surface area (Å²) in [7, 11) is 0. The maximum Gasteiger partial charge on any atom is 0.336 e. The lowest BCUT2D eigenvalue weighted by molar-refractivity contribution is -0.757. The predicted molar refractivity (Wildman–Crippen MR) is 125 cm³/mol. The van der Waals surface area contributed by atoms with Crippen molar-refractivity contribution in [3.05, 3.63) is 72.6 Å². The topological polar surface area (TPSA) is 169 Å². The standard InChI is InChI=1S/C23H29N3O10/c1-14(2)33-11-12-35-23(28)20-16(4)24-15(3)19(22(27)34-9-6-10-36-26(31)32)21(20)17-7-5-8-18(13-17)25(29)30/h5,7-8,13-14,21,24H,6,9-12H2,1-4H3. The number of nitrogens with one attached hydrogen (secondary N) is 1. The number of non-ortho nitro benzene ring substituents is 1. The quantitative estimate of drug-likeness (QED) is 0.180. The highest BCUT2D eigenvalue weighted by atomic mass is 16.9. The summed E-state index contributed by atoms with van der Waals surface area (Å²) >= 11 is 0. The normalized spacial score (nSPS) is 15.4. The van der Waals surface area contributed by atoms with E-state index in [0.717, 1.165) is 0 Å². The second-order valence-corrected chi connectivity index (χ2v) is 8.09. The Morgan fingerprint density at radius 1 is 0.972 bits per heavy atom. The van der Waals surface area contributed by atoms with Crippen LogP contribution in [0.2, 0.25) is 0 Å². The lowest BCUT2D eigenvalue weighted by Gasteiger charge is -2.30. The fourth-order valence-electron chi connectivity index (χ4n) is 3.62. The first-order valence-corrected chi connectivity index (χ1v) is 11.2. The third kappa shape index (κ3) is 7.77. The number of nitrogens with zero attached hydrogens (tertiary/aromatic N) is 2. The molecule has 0 spiro atoms. The van der Waals surface area contributed by atoms with E-state index in [-0.39, 0.29) is 55.8 Å². The van der Waals surface area contributed by atoms with Crippen molar-refractivity contribution in [2.45, 2.75) is 46.1 Å². The summed E-state index contributed by atoms with van der Waals surface area (Å²) in [5.74, 6) is -2.54. The molecule has 196 valence electrons. The molecule has 1 N–H and O–H groups in total. The van der Waals surface area contributed by atoms with Crippen molar-refractivity contribution >= 4 is 17.6 Å². The van der Waals surface area contributed by atoms with Gasteiger partial charge >= 0.3 is 11.9 Å². The smallest absolute Gasteiger partial charge is 0.336 e. The van der Waals surface area contributed by atoms with Gasteiger partial charge in [-0.2, -0.15) is 0 Å². The number of carbonyl (C=O) groups excluding carboxylic acids is 2. The number of ether oxygens (including phenoxy) is 3. The molecule has 13 heteroatoms. The summed E-state index contributed by atoms with van der Waals surface area (Å²) in [4.78, 5) is 51.5. The van der Waals surface area contributed by atoms with Crippen LogP contribution >= 0.6 is 0 Å². The van der Waals surface area contributed by atoms with E-state index in [9.17, 15) is 29.8 Å². The Hall–Kier alpha value is -4.00. The average Bonchev–Trinajstić information content (AvgIpc) is 2.80. The van der Waals surface area contributed by atoms with Gasteiger partial charge in [0.15, 0.2) is 0 Å². The van der Waals surface area contributed by atoms with Gasteiger partial charge in [0, 0.05) is 29.9 Å². The van der Waals surface area contributed by atoms with E-state index in [1.165, 1.54) is 18.2 Å². The number of nitro benzene ring substituents is 1. The third-order valence-corrected chi connectivity index (χ3v) is 5.10. The fourth-order valence-corrected chi connectivity index (χ4v) is 3.62. The van der Waals surface area contributed by atoms with Crippen molar-refractivity contribution in [3.8, 4) is 0 Å². The monoisotopic (exact) mass is 507 g/mol. The Morgan fingerprint density at radius 3 is 2.14 bits per heavy atom. The molecule has 1 aliphatic rings. The summed E-state index contributed by atoms with van der Waals surface area (Å²) in [6.45, 7) is 6.61. The molecule has 1 unspecified atom stereocenters. The molecule has 1 atom stereocenters. The minimum Gasteiger partial charge on any atom is -0.462 e. The number of esters is 2. The van der Waals surface area contributed by atoms with E-state index >= 15 is 0 Å². The lowest BCUT2D eigenvalue weighted by atomic mass is 9.80. The Kier molecular flexibility index (Phi) is 10.3. The SMILES string of the molecule is CC1=C(C(=O)OCCCO[N+](=O)[O-])C(c2cccc([N+](=O)[O-])c2)C(C(=O)OCCOC(C)C)=C(C)N1. The molecule has 36 heavy (non-hydrogen) atoms. The van der Waals surface area contributed by atoms with Crippen molar-refractivity contribution in [1.29, 1.82) is 0 Å². The number of hydrogen-bond acceptors (Lipinski definition) is 11. The molecule has 0 aliphatic carbocycles. The van der Waals surface area contributed by atoms with Crippen LogP contribution in [-0.2, 0) is 28.6 Å². The van der Waals surface area contributed by atoms with Gasteiger partial charge in [-0.25, -0.2) is 9.59 Å². The first kappa shape index (κ1) is 28.2. The van der Waals surface area contributed by atoms with Gasteiger partial charge in [-0.1, -0.05) is 12.1 Å². The third-order valence-electron chi connectivity index (χ3n) is 5.10. The number of hydrogen-bond donors (Lipinski definition) is 1. The summed E-state index contributed by atoms with van der Waals surface area (Å²) in [5, 5.41) is 23.7. The zero-order valence-electron chi connectivity index (χ0n) is 20.5. The molecule has 2 rings (SSSR count). The molecular formula is C23H29N3O10. The number of carbonyl (C=O) groups is 2. The van der Waals surface area contributed by atoms with Crippen molar-refractivity contribution < 1.29 is 38.6 Å². The Labute approximate surface area is 207 Å². The van der Waals surface area contributed by atoms with E-state index in [1.54, 1.807) is 19.9 Å². The van der Waals surface area contributed by atoms with Crippen LogP contribution in [-0.4, -0.2) is 54.5 Å². The number of nitro groups is 1. The van der Waals surface area contributed by atoms with E-state index in [4.69, 9.17) is 14.2 Å². The summed E-state index contributed by atoms with van der Waals surface area (Å²) in [6, 6.07) is 5.60. The van der Waals surface area contributed by atoms with Gasteiger partial charge in [0.2, 0.25) is 0 Å². The highest BCUT2D eigenvalue weighted by Crippen LogP contribution is 2.40. The van der Waals surface area contributed by atoms with Crippen molar-refractivity contribution in [3.63, 3.8) is 0 Å². The van der Waals surface area contributed by atoms with Crippen molar-refractivity contribution in [2.24, 2.45) is 0 Å². The zero-order valence-corrected chi connectivity index (χ0v) is 20.5. The molecule has 0 saturated carbocycles. The number of rotatable bonds is 13.